The van der Waals surface area contributed by atoms with Crippen LogP contribution >= 0.6 is 15.9 Å². The second-order valence-electron chi connectivity index (χ2n) is 3.92. The second-order valence-corrected chi connectivity index (χ2v) is 4.77. The third kappa shape index (κ3) is 3.06. The zero-order valence-corrected chi connectivity index (χ0v) is 8.70. The second kappa shape index (κ2) is 2.97. The minimum atomic E-state index is 0.303. The molecule has 1 N–H and O–H groups in total. The molecule has 0 aromatic carbocycles. The molecule has 0 aliphatic carbocycles. The summed E-state index contributed by atoms with van der Waals surface area (Å²) in [6, 6.07) is 0. The summed E-state index contributed by atoms with van der Waals surface area (Å²) in [5, 5.41) is 0. The van der Waals surface area contributed by atoms with Crippen molar-refractivity contribution in [3.05, 3.63) is 16.6 Å². The molecular weight excluding hydrogens is 204 g/mol. The Bertz CT molecular complexity index is 234. The van der Waals surface area contributed by atoms with E-state index in [0.717, 1.165) is 16.8 Å². The van der Waals surface area contributed by atoms with Gasteiger partial charge in [-0.25, -0.2) is 4.98 Å². The third-order valence-corrected chi connectivity index (χ3v) is 1.70. The maximum atomic E-state index is 4.20. The summed E-state index contributed by atoms with van der Waals surface area (Å²) in [4.78, 5) is 7.34. The number of halogens is 1. The highest BCUT2D eigenvalue weighted by Gasteiger charge is 2.12. The van der Waals surface area contributed by atoms with E-state index in [1.807, 2.05) is 0 Å². The largest absolute Gasteiger partial charge is 0.337 e. The Morgan fingerprint density at radius 3 is 2.55 bits per heavy atom. The van der Waals surface area contributed by atoms with E-state index in [9.17, 15) is 0 Å². The molecule has 1 aromatic heterocycles. The van der Waals surface area contributed by atoms with Crippen LogP contribution in [0, 0.1) is 5.41 Å². The van der Waals surface area contributed by atoms with Crippen LogP contribution in [0.15, 0.2) is 10.8 Å². The van der Waals surface area contributed by atoms with Crippen molar-refractivity contribution in [3.63, 3.8) is 0 Å². The molecule has 0 aliphatic rings. The number of imidazole rings is 1. The van der Waals surface area contributed by atoms with Crippen molar-refractivity contribution < 1.29 is 0 Å². The van der Waals surface area contributed by atoms with E-state index in [-0.39, 0.29) is 0 Å². The molecule has 0 unspecified atom stereocenters. The number of nitrogens with one attached hydrogen (secondary N) is 1. The number of aromatic nitrogens is 2. The van der Waals surface area contributed by atoms with Gasteiger partial charge in [0.15, 0.2) is 0 Å². The van der Waals surface area contributed by atoms with Crippen LogP contribution in [0.25, 0.3) is 0 Å². The van der Waals surface area contributed by atoms with E-state index in [2.05, 4.69) is 46.7 Å². The average molecular weight is 217 g/mol. The topological polar surface area (TPSA) is 28.7 Å². The van der Waals surface area contributed by atoms with Gasteiger partial charge in [-0.15, -0.1) is 0 Å². The van der Waals surface area contributed by atoms with E-state index >= 15 is 0 Å². The van der Waals surface area contributed by atoms with Crippen molar-refractivity contribution in [2.24, 2.45) is 5.41 Å². The first-order valence-corrected chi connectivity index (χ1v) is 4.46. The predicted octanol–water partition coefficient (Wildman–Crippen LogP) is 2.76. The van der Waals surface area contributed by atoms with Crippen molar-refractivity contribution >= 4 is 15.9 Å². The molecule has 1 heterocycles. The van der Waals surface area contributed by atoms with Gasteiger partial charge in [-0.2, -0.15) is 0 Å². The lowest BCUT2D eigenvalue weighted by atomic mass is 9.92. The van der Waals surface area contributed by atoms with Crippen LogP contribution < -0.4 is 0 Å². The molecule has 3 heteroatoms. The molecule has 0 aliphatic heterocycles. The summed E-state index contributed by atoms with van der Waals surface area (Å²) in [5.41, 5.74) is 0.303. The molecule has 2 nitrogen and oxygen atoms in total. The molecule has 1 rings (SSSR count). The molecule has 0 saturated heterocycles. The number of nitrogens with zero attached hydrogens (tertiary/aromatic N) is 1. The molecule has 11 heavy (non-hydrogen) atoms. The van der Waals surface area contributed by atoms with E-state index < -0.39 is 0 Å². The Balaban J connectivity index is 2.65. The summed E-state index contributed by atoms with van der Waals surface area (Å²) in [7, 11) is 0. The zero-order chi connectivity index (χ0) is 8.48. The fraction of sp³-hybridized carbons (Fsp3) is 0.625. The average Bonchev–Trinajstić information content (AvgIpc) is 2.10. The third-order valence-electron chi connectivity index (χ3n) is 1.30. The highest BCUT2D eigenvalue weighted by atomic mass is 79.9. The van der Waals surface area contributed by atoms with E-state index in [0.29, 0.717) is 5.41 Å². The van der Waals surface area contributed by atoms with Gasteiger partial charge in [0, 0.05) is 6.42 Å². The molecule has 0 amide bonds. The van der Waals surface area contributed by atoms with Crippen molar-refractivity contribution in [2.75, 3.05) is 0 Å². The first kappa shape index (κ1) is 8.78. The fourth-order valence-corrected chi connectivity index (χ4v) is 1.26. The van der Waals surface area contributed by atoms with Crippen LogP contribution in [0.1, 0.15) is 26.6 Å². The summed E-state index contributed by atoms with van der Waals surface area (Å²) in [6.45, 7) is 6.59. The molecular formula is C8H13BrN2. The van der Waals surface area contributed by atoms with Crippen molar-refractivity contribution in [3.8, 4) is 0 Å². The molecule has 0 saturated carbocycles. The van der Waals surface area contributed by atoms with Crippen LogP contribution in [-0.4, -0.2) is 9.97 Å². The van der Waals surface area contributed by atoms with Gasteiger partial charge in [-0.05, 0) is 21.3 Å². The molecule has 0 radical (unpaired) electrons. The van der Waals surface area contributed by atoms with Gasteiger partial charge < -0.3 is 4.98 Å². The van der Waals surface area contributed by atoms with Crippen LogP contribution in [-0.2, 0) is 6.42 Å². The van der Waals surface area contributed by atoms with Gasteiger partial charge in [0.1, 0.15) is 10.4 Å². The van der Waals surface area contributed by atoms with Gasteiger partial charge in [-0.1, -0.05) is 20.8 Å². The molecule has 0 bridgehead atoms. The van der Waals surface area contributed by atoms with Crippen LogP contribution in [0.2, 0.25) is 0 Å². The normalized spacial score (nSPS) is 12.0. The number of hydrogen-bond donors (Lipinski definition) is 1. The lowest BCUT2D eigenvalue weighted by Gasteiger charge is -2.15. The summed E-state index contributed by atoms with van der Waals surface area (Å²) >= 11 is 3.32. The first-order chi connectivity index (χ1) is 4.97. The van der Waals surface area contributed by atoms with Crippen LogP contribution in [0.3, 0.4) is 0 Å². The Labute approximate surface area is 75.6 Å². The van der Waals surface area contributed by atoms with Crippen molar-refractivity contribution in [1.29, 1.82) is 0 Å². The van der Waals surface area contributed by atoms with Gasteiger partial charge in [0.05, 0.1) is 6.20 Å². The monoisotopic (exact) mass is 216 g/mol. The summed E-state index contributed by atoms with van der Waals surface area (Å²) < 4.78 is 0.955. The number of aromatic amines is 1. The van der Waals surface area contributed by atoms with Gasteiger partial charge in [-0.3, -0.25) is 0 Å². The lowest BCUT2D eigenvalue weighted by molar-refractivity contribution is 0.402. The molecule has 1 aromatic rings. The Morgan fingerprint density at radius 2 is 2.18 bits per heavy atom. The molecule has 0 atom stereocenters. The summed E-state index contributed by atoms with van der Waals surface area (Å²) in [6.07, 6.45) is 2.78. The maximum Gasteiger partial charge on any atom is 0.107 e. The van der Waals surface area contributed by atoms with Crippen molar-refractivity contribution in [1.82, 2.24) is 9.97 Å². The number of H-pyrrole nitrogens is 1. The smallest absolute Gasteiger partial charge is 0.107 e. The maximum absolute atomic E-state index is 4.20. The predicted molar refractivity (Wildman–Crippen MR) is 49.4 cm³/mol. The highest BCUT2D eigenvalue weighted by molar-refractivity contribution is 9.10. The number of hydrogen-bond acceptors (Lipinski definition) is 1. The quantitative estimate of drug-likeness (QED) is 0.769. The summed E-state index contributed by atoms with van der Waals surface area (Å²) in [5.74, 6) is 1.05. The fourth-order valence-electron chi connectivity index (χ4n) is 0.929. The van der Waals surface area contributed by atoms with Gasteiger partial charge in [0.2, 0.25) is 0 Å². The number of rotatable bonds is 1. The molecule has 62 valence electrons. The van der Waals surface area contributed by atoms with Gasteiger partial charge >= 0.3 is 0 Å². The van der Waals surface area contributed by atoms with Crippen molar-refractivity contribution in [2.45, 2.75) is 27.2 Å². The van der Waals surface area contributed by atoms with E-state index in [1.165, 1.54) is 0 Å². The van der Waals surface area contributed by atoms with E-state index in [4.69, 9.17) is 0 Å². The van der Waals surface area contributed by atoms with Gasteiger partial charge in [0.25, 0.3) is 0 Å². The Hall–Kier alpha value is -0.310. The van der Waals surface area contributed by atoms with Crippen LogP contribution in [0.4, 0.5) is 0 Å². The Kier molecular flexibility index (Phi) is 2.37. The molecule has 0 fully saturated rings. The zero-order valence-electron chi connectivity index (χ0n) is 7.11. The minimum Gasteiger partial charge on any atom is -0.337 e. The highest BCUT2D eigenvalue weighted by Crippen LogP contribution is 2.19. The SMILES string of the molecule is CC(C)(C)Cc1ncc(Br)[nH]1. The Morgan fingerprint density at radius 1 is 1.55 bits per heavy atom. The van der Waals surface area contributed by atoms with E-state index in [1.54, 1.807) is 6.20 Å². The minimum absolute atomic E-state index is 0.303. The molecule has 0 spiro atoms. The lowest BCUT2D eigenvalue weighted by Crippen LogP contribution is -2.10. The first-order valence-electron chi connectivity index (χ1n) is 3.67. The van der Waals surface area contributed by atoms with Crippen LogP contribution in [0.5, 0.6) is 0 Å². The standard InChI is InChI=1S/C8H13BrN2/c1-8(2,3)4-7-10-5-6(9)11-7/h5H,4H2,1-3H3,(H,10,11).